The average molecular weight is 186 g/mol. The molecule has 0 aliphatic heterocycles. The molecule has 12 heavy (non-hydrogen) atoms. The molecule has 72 valence electrons. The van der Waals surface area contributed by atoms with Crippen molar-refractivity contribution in [2.75, 3.05) is 6.17 Å². The van der Waals surface area contributed by atoms with Gasteiger partial charge in [-0.1, -0.05) is 0 Å². The van der Waals surface area contributed by atoms with Crippen LogP contribution in [0, 0.1) is 0 Å². The first kappa shape index (κ1) is 11.7. The van der Waals surface area contributed by atoms with E-state index >= 15 is 0 Å². The average Bonchev–Trinajstić information content (AvgIpc) is 1.85. The fourth-order valence-corrected chi connectivity index (χ4v) is 2.60. The standard InChI is InChI=1S/C9H22N2Si/c1-7(2)10-9(5)11(6-12)8(3)4/h7-8H,6H2,1-5,12H3. The number of hydrogen-bond donors (Lipinski definition) is 0. The van der Waals surface area contributed by atoms with Gasteiger partial charge in [-0.25, -0.2) is 0 Å². The smallest absolute Gasteiger partial charge is 0.0959 e. The predicted octanol–water partition coefficient (Wildman–Crippen LogP) is 0.846. The molecule has 0 fully saturated rings. The Morgan fingerprint density at radius 1 is 1.33 bits per heavy atom. The third-order valence-corrected chi connectivity index (χ3v) is 2.51. The molecular formula is C9H22N2Si. The highest BCUT2D eigenvalue weighted by atomic mass is 28.1. The van der Waals surface area contributed by atoms with Crippen molar-refractivity contribution in [1.29, 1.82) is 0 Å². The molecule has 3 heteroatoms. The molecule has 0 radical (unpaired) electrons. The summed E-state index contributed by atoms with van der Waals surface area (Å²) in [6, 6.07) is 1.00. The van der Waals surface area contributed by atoms with E-state index in [4.69, 9.17) is 0 Å². The topological polar surface area (TPSA) is 15.6 Å². The van der Waals surface area contributed by atoms with Gasteiger partial charge in [-0.15, -0.1) is 0 Å². The number of hydrogen-bond acceptors (Lipinski definition) is 1. The molecule has 0 rings (SSSR count). The Morgan fingerprint density at radius 2 is 1.83 bits per heavy atom. The van der Waals surface area contributed by atoms with E-state index in [1.165, 1.54) is 22.2 Å². The Hall–Kier alpha value is -0.313. The van der Waals surface area contributed by atoms with Gasteiger partial charge in [0.1, 0.15) is 0 Å². The molecule has 0 amide bonds. The minimum Gasteiger partial charge on any atom is -0.362 e. The van der Waals surface area contributed by atoms with Crippen molar-refractivity contribution >= 4 is 16.1 Å². The van der Waals surface area contributed by atoms with E-state index in [2.05, 4.69) is 44.5 Å². The van der Waals surface area contributed by atoms with Crippen molar-refractivity contribution in [2.45, 2.75) is 46.7 Å². The summed E-state index contributed by atoms with van der Waals surface area (Å²) in [5, 5.41) is 0. The van der Waals surface area contributed by atoms with E-state index in [0.717, 1.165) is 0 Å². The van der Waals surface area contributed by atoms with Crippen molar-refractivity contribution in [2.24, 2.45) is 4.99 Å². The van der Waals surface area contributed by atoms with E-state index in [1.807, 2.05) is 0 Å². The highest BCUT2D eigenvalue weighted by Gasteiger charge is 2.07. The zero-order valence-corrected chi connectivity index (χ0v) is 11.3. The third kappa shape index (κ3) is 3.90. The monoisotopic (exact) mass is 186 g/mol. The SMILES string of the molecule is CC(=NC(C)C)N(C[SiH3])C(C)C. The van der Waals surface area contributed by atoms with E-state index in [9.17, 15) is 0 Å². The number of amidine groups is 1. The molecule has 0 N–H and O–H groups in total. The van der Waals surface area contributed by atoms with Gasteiger partial charge in [0.25, 0.3) is 0 Å². The highest BCUT2D eigenvalue weighted by molar-refractivity contribution is 6.10. The van der Waals surface area contributed by atoms with Gasteiger partial charge >= 0.3 is 0 Å². The summed E-state index contributed by atoms with van der Waals surface area (Å²) in [5.74, 6) is 1.19. The second-order valence-electron chi connectivity index (χ2n) is 3.65. The van der Waals surface area contributed by atoms with Crippen LogP contribution in [0.3, 0.4) is 0 Å². The summed E-state index contributed by atoms with van der Waals surface area (Å²) in [6.07, 6.45) is 1.18. The molecule has 0 aliphatic rings. The lowest BCUT2D eigenvalue weighted by Gasteiger charge is -2.27. The zero-order valence-electron chi connectivity index (χ0n) is 9.26. The van der Waals surface area contributed by atoms with Crippen LogP contribution in [0.4, 0.5) is 0 Å². The number of nitrogens with zero attached hydrogens (tertiary/aromatic N) is 2. The van der Waals surface area contributed by atoms with Crippen LogP contribution < -0.4 is 0 Å². The van der Waals surface area contributed by atoms with Gasteiger partial charge in [-0.3, -0.25) is 4.99 Å². The molecule has 0 aromatic heterocycles. The fourth-order valence-electron chi connectivity index (χ4n) is 1.42. The number of aliphatic imine (C=N–C) groups is 1. The maximum Gasteiger partial charge on any atom is 0.0959 e. The van der Waals surface area contributed by atoms with Gasteiger partial charge in [0.05, 0.1) is 5.84 Å². The minimum atomic E-state index is 0.416. The summed E-state index contributed by atoms with van der Waals surface area (Å²) in [4.78, 5) is 6.90. The number of rotatable bonds is 3. The van der Waals surface area contributed by atoms with Crippen LogP contribution in [0.2, 0.25) is 0 Å². The lowest BCUT2D eigenvalue weighted by atomic mass is 10.3. The van der Waals surface area contributed by atoms with Gasteiger partial charge in [0.2, 0.25) is 0 Å². The van der Waals surface area contributed by atoms with Crippen LogP contribution in [0.1, 0.15) is 34.6 Å². The Bertz CT molecular complexity index is 153. The molecule has 0 bridgehead atoms. The van der Waals surface area contributed by atoms with Crippen molar-refractivity contribution in [3.63, 3.8) is 0 Å². The maximum absolute atomic E-state index is 4.53. The van der Waals surface area contributed by atoms with Gasteiger partial charge < -0.3 is 4.90 Å². The summed E-state index contributed by atoms with van der Waals surface area (Å²) in [6.45, 7) is 10.8. The normalized spacial score (nSPS) is 13.1. The zero-order chi connectivity index (χ0) is 9.72. The lowest BCUT2D eigenvalue weighted by Crippen LogP contribution is -2.36. The van der Waals surface area contributed by atoms with Crippen molar-refractivity contribution < 1.29 is 0 Å². The predicted molar refractivity (Wildman–Crippen MR) is 60.0 cm³/mol. The van der Waals surface area contributed by atoms with Gasteiger partial charge in [0.15, 0.2) is 0 Å². The van der Waals surface area contributed by atoms with Crippen LogP contribution >= 0.6 is 0 Å². The van der Waals surface area contributed by atoms with Crippen LogP contribution in [-0.2, 0) is 0 Å². The molecular weight excluding hydrogens is 164 g/mol. The summed E-state index contributed by atoms with van der Waals surface area (Å²) in [5.41, 5.74) is 0. The molecule has 0 atom stereocenters. The maximum atomic E-state index is 4.53. The molecule has 0 aromatic carbocycles. The van der Waals surface area contributed by atoms with Gasteiger partial charge in [0, 0.05) is 28.5 Å². The minimum absolute atomic E-state index is 0.416. The fraction of sp³-hybridized carbons (Fsp3) is 0.889. The molecule has 0 unspecified atom stereocenters. The first-order chi connectivity index (χ1) is 5.49. The summed E-state index contributed by atoms with van der Waals surface area (Å²) in [7, 11) is 1.21. The quantitative estimate of drug-likeness (QED) is 0.362. The van der Waals surface area contributed by atoms with E-state index in [-0.39, 0.29) is 0 Å². The van der Waals surface area contributed by atoms with E-state index in [0.29, 0.717) is 12.1 Å². The Kier molecular flexibility index (Phi) is 5.21. The third-order valence-electron chi connectivity index (χ3n) is 1.82. The molecule has 0 heterocycles. The molecule has 0 saturated heterocycles. The molecule has 0 aliphatic carbocycles. The van der Waals surface area contributed by atoms with Gasteiger partial charge in [-0.2, -0.15) is 0 Å². The van der Waals surface area contributed by atoms with Crippen molar-refractivity contribution in [3.05, 3.63) is 0 Å². The Morgan fingerprint density at radius 3 is 2.08 bits per heavy atom. The second kappa shape index (κ2) is 5.35. The van der Waals surface area contributed by atoms with Crippen LogP contribution in [0.5, 0.6) is 0 Å². The van der Waals surface area contributed by atoms with E-state index < -0.39 is 0 Å². The first-order valence-electron chi connectivity index (χ1n) is 4.80. The molecule has 0 saturated carbocycles. The van der Waals surface area contributed by atoms with Crippen LogP contribution in [0.25, 0.3) is 0 Å². The molecule has 2 nitrogen and oxygen atoms in total. The van der Waals surface area contributed by atoms with Gasteiger partial charge in [-0.05, 0) is 34.6 Å². The summed E-state index contributed by atoms with van der Waals surface area (Å²) >= 11 is 0. The lowest BCUT2D eigenvalue weighted by molar-refractivity contribution is 0.394. The van der Waals surface area contributed by atoms with Crippen molar-refractivity contribution in [1.82, 2.24) is 4.90 Å². The highest BCUT2D eigenvalue weighted by Crippen LogP contribution is 2.00. The summed E-state index contributed by atoms with van der Waals surface area (Å²) < 4.78 is 0. The second-order valence-corrected chi connectivity index (χ2v) is 4.28. The first-order valence-corrected chi connectivity index (χ1v) is 6.21. The Labute approximate surface area is 79.5 Å². The molecule has 0 aromatic rings. The van der Waals surface area contributed by atoms with Crippen LogP contribution in [0.15, 0.2) is 4.99 Å². The van der Waals surface area contributed by atoms with Crippen molar-refractivity contribution in [3.8, 4) is 0 Å². The van der Waals surface area contributed by atoms with Crippen LogP contribution in [-0.4, -0.2) is 39.2 Å². The molecule has 0 spiro atoms. The largest absolute Gasteiger partial charge is 0.362 e. The Balaban J connectivity index is 4.30. The van der Waals surface area contributed by atoms with E-state index in [1.54, 1.807) is 0 Å².